The van der Waals surface area contributed by atoms with Crippen LogP contribution in [0.2, 0.25) is 5.02 Å². The summed E-state index contributed by atoms with van der Waals surface area (Å²) >= 11 is 9.20. The van der Waals surface area contributed by atoms with Crippen LogP contribution in [-0.2, 0) is 4.79 Å². The van der Waals surface area contributed by atoms with E-state index in [0.717, 1.165) is 16.3 Å². The van der Waals surface area contributed by atoms with E-state index in [4.69, 9.17) is 16.3 Å². The third kappa shape index (κ3) is 4.59. The Morgan fingerprint density at radius 1 is 1.16 bits per heavy atom. The Balaban J connectivity index is 1.59. The summed E-state index contributed by atoms with van der Waals surface area (Å²) in [5.74, 6) is 0.191. The van der Waals surface area contributed by atoms with Crippen molar-refractivity contribution in [2.45, 2.75) is 0 Å². The molecule has 0 heterocycles. The first-order chi connectivity index (χ1) is 12.1. The van der Waals surface area contributed by atoms with Crippen molar-refractivity contribution in [1.82, 2.24) is 5.43 Å². The van der Waals surface area contributed by atoms with Crippen molar-refractivity contribution in [3.8, 4) is 5.75 Å². The summed E-state index contributed by atoms with van der Waals surface area (Å²) < 4.78 is 6.12. The summed E-state index contributed by atoms with van der Waals surface area (Å²) in [5.41, 5.74) is 3.39. The average molecular weight is 418 g/mol. The molecule has 0 atom stereocenters. The lowest BCUT2D eigenvalue weighted by atomic mass is 10.1. The number of ether oxygens (including phenoxy) is 1. The molecule has 6 heteroatoms. The lowest BCUT2D eigenvalue weighted by molar-refractivity contribution is -0.123. The predicted octanol–water partition coefficient (Wildman–Crippen LogP) is 4.78. The molecule has 0 aromatic heterocycles. The summed E-state index contributed by atoms with van der Waals surface area (Å²) in [5, 5.41) is 6.78. The maximum atomic E-state index is 11.9. The van der Waals surface area contributed by atoms with Gasteiger partial charge in [0.1, 0.15) is 5.75 Å². The molecule has 4 nitrogen and oxygen atoms in total. The fourth-order valence-corrected chi connectivity index (χ4v) is 3.10. The first-order valence-electron chi connectivity index (χ1n) is 7.51. The zero-order valence-corrected chi connectivity index (χ0v) is 15.4. The molecule has 0 saturated heterocycles. The molecule has 0 unspecified atom stereocenters. The fourth-order valence-electron chi connectivity index (χ4n) is 2.30. The first-order valence-corrected chi connectivity index (χ1v) is 8.68. The SMILES string of the molecule is O=C(COc1ccc(Cl)cc1Br)N/N=C\c1cccc2ccccc12. The predicted molar refractivity (Wildman–Crippen MR) is 104 cm³/mol. The minimum absolute atomic E-state index is 0.146. The Bertz CT molecular complexity index is 938. The van der Waals surface area contributed by atoms with Gasteiger partial charge in [0.2, 0.25) is 0 Å². The molecule has 126 valence electrons. The molecule has 3 aromatic carbocycles. The van der Waals surface area contributed by atoms with Gasteiger partial charge >= 0.3 is 0 Å². The zero-order chi connectivity index (χ0) is 17.6. The van der Waals surface area contributed by atoms with Gasteiger partial charge in [0.25, 0.3) is 5.91 Å². The van der Waals surface area contributed by atoms with Crippen LogP contribution in [0.3, 0.4) is 0 Å². The second-order valence-electron chi connectivity index (χ2n) is 5.22. The summed E-state index contributed by atoms with van der Waals surface area (Å²) in [6.07, 6.45) is 1.62. The molecular formula is C19H14BrClN2O2. The summed E-state index contributed by atoms with van der Waals surface area (Å²) in [7, 11) is 0. The molecule has 25 heavy (non-hydrogen) atoms. The van der Waals surface area contributed by atoms with E-state index in [2.05, 4.69) is 26.5 Å². The first kappa shape index (κ1) is 17.5. The summed E-state index contributed by atoms with van der Waals surface area (Å²) in [6, 6.07) is 19.0. The van der Waals surface area contributed by atoms with Gasteiger partial charge in [0.05, 0.1) is 10.7 Å². The van der Waals surface area contributed by atoms with Gasteiger partial charge in [-0.25, -0.2) is 5.43 Å². The minimum atomic E-state index is -0.349. The average Bonchev–Trinajstić information content (AvgIpc) is 2.61. The second kappa shape index (κ2) is 8.14. The lowest BCUT2D eigenvalue weighted by Gasteiger charge is -2.07. The van der Waals surface area contributed by atoms with Gasteiger partial charge in [-0.1, -0.05) is 54.1 Å². The Hall–Kier alpha value is -2.37. The van der Waals surface area contributed by atoms with Crippen molar-refractivity contribution < 1.29 is 9.53 Å². The van der Waals surface area contributed by atoms with Gasteiger partial charge in [0, 0.05) is 10.6 Å². The maximum Gasteiger partial charge on any atom is 0.277 e. The fraction of sp³-hybridized carbons (Fsp3) is 0.0526. The maximum absolute atomic E-state index is 11.9. The molecule has 0 aliphatic rings. The van der Waals surface area contributed by atoms with Crippen LogP contribution in [0.15, 0.2) is 70.2 Å². The van der Waals surface area contributed by atoms with Crippen molar-refractivity contribution >= 4 is 50.4 Å². The highest BCUT2D eigenvalue weighted by atomic mass is 79.9. The zero-order valence-electron chi connectivity index (χ0n) is 13.1. The van der Waals surface area contributed by atoms with Gasteiger partial charge in [-0.05, 0) is 44.9 Å². The van der Waals surface area contributed by atoms with Crippen LogP contribution < -0.4 is 10.2 Å². The normalized spacial score (nSPS) is 11.0. The molecule has 3 rings (SSSR count). The molecular weight excluding hydrogens is 404 g/mol. The Morgan fingerprint density at radius 2 is 1.96 bits per heavy atom. The van der Waals surface area contributed by atoms with Gasteiger partial charge in [-0.15, -0.1) is 0 Å². The van der Waals surface area contributed by atoms with Gasteiger partial charge in [-0.2, -0.15) is 5.10 Å². The third-order valence-corrected chi connectivity index (χ3v) is 4.32. The van der Waals surface area contributed by atoms with Crippen LogP contribution >= 0.6 is 27.5 Å². The van der Waals surface area contributed by atoms with Crippen molar-refractivity contribution in [2.75, 3.05) is 6.61 Å². The number of carbonyl (C=O) groups excluding carboxylic acids is 1. The van der Waals surface area contributed by atoms with Gasteiger partial charge in [-0.3, -0.25) is 4.79 Å². The largest absolute Gasteiger partial charge is 0.483 e. The van der Waals surface area contributed by atoms with E-state index in [1.807, 2.05) is 42.5 Å². The van der Waals surface area contributed by atoms with Crippen molar-refractivity contribution in [3.63, 3.8) is 0 Å². The smallest absolute Gasteiger partial charge is 0.277 e. The number of nitrogens with zero attached hydrogens (tertiary/aromatic N) is 1. The Morgan fingerprint density at radius 3 is 2.80 bits per heavy atom. The number of hydrogen-bond donors (Lipinski definition) is 1. The van der Waals surface area contributed by atoms with E-state index < -0.39 is 0 Å². The highest BCUT2D eigenvalue weighted by molar-refractivity contribution is 9.10. The van der Waals surface area contributed by atoms with E-state index in [1.54, 1.807) is 24.4 Å². The van der Waals surface area contributed by atoms with E-state index in [0.29, 0.717) is 15.2 Å². The molecule has 0 saturated carbocycles. The van der Waals surface area contributed by atoms with Crippen LogP contribution in [0.4, 0.5) is 0 Å². The molecule has 1 amide bonds. The molecule has 0 aliphatic carbocycles. The number of benzene rings is 3. The lowest BCUT2D eigenvalue weighted by Crippen LogP contribution is -2.24. The minimum Gasteiger partial charge on any atom is -0.483 e. The van der Waals surface area contributed by atoms with Crippen LogP contribution in [0.25, 0.3) is 10.8 Å². The number of hydrazone groups is 1. The Labute approximate surface area is 158 Å². The highest BCUT2D eigenvalue weighted by Crippen LogP contribution is 2.27. The van der Waals surface area contributed by atoms with Gasteiger partial charge < -0.3 is 4.74 Å². The Kier molecular flexibility index (Phi) is 5.68. The summed E-state index contributed by atoms with van der Waals surface area (Å²) in [6.45, 7) is -0.146. The molecule has 0 bridgehead atoms. The van der Waals surface area contributed by atoms with E-state index in [9.17, 15) is 4.79 Å². The molecule has 0 aliphatic heterocycles. The molecule has 0 spiro atoms. The van der Waals surface area contributed by atoms with Crippen LogP contribution in [0, 0.1) is 0 Å². The topological polar surface area (TPSA) is 50.7 Å². The number of amides is 1. The van der Waals surface area contributed by atoms with Crippen molar-refractivity contribution in [3.05, 3.63) is 75.7 Å². The number of halogens is 2. The van der Waals surface area contributed by atoms with E-state index in [-0.39, 0.29) is 12.5 Å². The van der Waals surface area contributed by atoms with Crippen molar-refractivity contribution in [1.29, 1.82) is 0 Å². The molecule has 1 N–H and O–H groups in total. The van der Waals surface area contributed by atoms with Gasteiger partial charge in [0.15, 0.2) is 6.61 Å². The van der Waals surface area contributed by atoms with Crippen LogP contribution in [-0.4, -0.2) is 18.7 Å². The second-order valence-corrected chi connectivity index (χ2v) is 6.52. The van der Waals surface area contributed by atoms with Crippen LogP contribution in [0.1, 0.15) is 5.56 Å². The molecule has 3 aromatic rings. The van der Waals surface area contributed by atoms with Crippen LogP contribution in [0.5, 0.6) is 5.75 Å². The van der Waals surface area contributed by atoms with E-state index >= 15 is 0 Å². The molecule has 0 radical (unpaired) electrons. The van der Waals surface area contributed by atoms with Crippen molar-refractivity contribution in [2.24, 2.45) is 5.10 Å². The third-order valence-electron chi connectivity index (χ3n) is 3.47. The van der Waals surface area contributed by atoms with E-state index in [1.165, 1.54) is 0 Å². The molecule has 0 fully saturated rings. The quantitative estimate of drug-likeness (QED) is 0.479. The highest BCUT2D eigenvalue weighted by Gasteiger charge is 2.05. The monoisotopic (exact) mass is 416 g/mol. The standard InChI is InChI=1S/C19H14BrClN2O2/c20-17-10-15(21)8-9-18(17)25-12-19(24)23-22-11-14-6-3-5-13-4-1-2-7-16(13)14/h1-11H,12H2,(H,23,24)/b22-11-. The number of fused-ring (bicyclic) bond motifs is 1. The number of hydrogen-bond acceptors (Lipinski definition) is 3. The summed E-state index contributed by atoms with van der Waals surface area (Å²) in [4.78, 5) is 11.9. The number of carbonyl (C=O) groups is 1. The number of nitrogens with one attached hydrogen (secondary N) is 1. The number of rotatable bonds is 5.